The first-order valence-corrected chi connectivity index (χ1v) is 8.54. The van der Waals surface area contributed by atoms with E-state index in [0.717, 1.165) is 18.4 Å². The highest BCUT2D eigenvalue weighted by Crippen LogP contribution is 2.25. The Bertz CT molecular complexity index is 729. The van der Waals surface area contributed by atoms with Crippen LogP contribution in [-0.2, 0) is 0 Å². The molecule has 0 fully saturated rings. The molecule has 0 atom stereocenters. The highest BCUT2D eigenvalue weighted by atomic mass is 35.5. The molecular formula is C16H21ClN4O3S. The number of nitrogens with one attached hydrogen (secondary N) is 1. The molecule has 1 aromatic carbocycles. The maximum atomic E-state index is 12.2. The topological polar surface area (TPSA) is 111 Å². The van der Waals surface area contributed by atoms with Crippen molar-refractivity contribution in [1.82, 2.24) is 10.3 Å². The quantitative estimate of drug-likeness (QED) is 0.561. The summed E-state index contributed by atoms with van der Waals surface area (Å²) in [5, 5.41) is 15.8. The van der Waals surface area contributed by atoms with Crippen molar-refractivity contribution in [3.63, 3.8) is 0 Å². The largest absolute Gasteiger partial charge is 0.349 e. The van der Waals surface area contributed by atoms with Crippen LogP contribution < -0.4 is 11.1 Å². The number of rotatable bonds is 7. The van der Waals surface area contributed by atoms with Gasteiger partial charge in [0.2, 0.25) is 0 Å². The summed E-state index contributed by atoms with van der Waals surface area (Å²) in [5.41, 5.74) is 6.84. The van der Waals surface area contributed by atoms with E-state index in [4.69, 9.17) is 5.73 Å². The van der Waals surface area contributed by atoms with Crippen molar-refractivity contribution in [2.24, 2.45) is 5.73 Å². The van der Waals surface area contributed by atoms with E-state index in [1.807, 2.05) is 13.8 Å². The molecule has 0 aliphatic heterocycles. The Labute approximate surface area is 156 Å². The van der Waals surface area contributed by atoms with Gasteiger partial charge in [0, 0.05) is 35.2 Å². The maximum absolute atomic E-state index is 12.2. The fourth-order valence-corrected chi connectivity index (χ4v) is 2.89. The van der Waals surface area contributed by atoms with Crippen LogP contribution in [0.5, 0.6) is 0 Å². The second-order valence-electron chi connectivity index (χ2n) is 5.59. The molecule has 0 aliphatic carbocycles. The SMILES string of the molecule is CCC(N)(CC)CNC(=O)c1csc(-c2ccc([N+](=O)[O-])cc2)n1.Cl. The Hall–Kier alpha value is -2.03. The van der Waals surface area contributed by atoms with E-state index in [9.17, 15) is 14.9 Å². The fourth-order valence-electron chi connectivity index (χ4n) is 2.08. The van der Waals surface area contributed by atoms with Gasteiger partial charge < -0.3 is 11.1 Å². The minimum Gasteiger partial charge on any atom is -0.349 e. The summed E-state index contributed by atoms with van der Waals surface area (Å²) in [6.45, 7) is 4.37. The summed E-state index contributed by atoms with van der Waals surface area (Å²) in [7, 11) is 0. The first-order chi connectivity index (χ1) is 11.4. The zero-order chi connectivity index (χ0) is 17.7. The highest BCUT2D eigenvalue weighted by molar-refractivity contribution is 7.13. The Morgan fingerprint density at radius 3 is 2.44 bits per heavy atom. The van der Waals surface area contributed by atoms with Gasteiger partial charge in [0.05, 0.1) is 4.92 Å². The summed E-state index contributed by atoms with van der Waals surface area (Å²) in [4.78, 5) is 26.7. The summed E-state index contributed by atoms with van der Waals surface area (Å²) in [6.07, 6.45) is 1.55. The third kappa shape index (κ3) is 5.22. The Morgan fingerprint density at radius 1 is 1.32 bits per heavy atom. The number of non-ortho nitro benzene ring substituents is 1. The fraction of sp³-hybridized carbons (Fsp3) is 0.375. The molecule has 0 saturated carbocycles. The zero-order valence-electron chi connectivity index (χ0n) is 14.0. The molecule has 7 nitrogen and oxygen atoms in total. The molecular weight excluding hydrogens is 364 g/mol. The zero-order valence-corrected chi connectivity index (χ0v) is 15.7. The van der Waals surface area contributed by atoms with Gasteiger partial charge in [0.1, 0.15) is 10.7 Å². The number of hydrogen-bond acceptors (Lipinski definition) is 6. The van der Waals surface area contributed by atoms with E-state index < -0.39 is 10.5 Å². The molecule has 0 saturated heterocycles. The number of nitrogens with zero attached hydrogens (tertiary/aromatic N) is 2. The number of benzene rings is 1. The molecule has 1 amide bonds. The van der Waals surface area contributed by atoms with E-state index in [2.05, 4.69) is 10.3 Å². The number of nitrogens with two attached hydrogens (primary N) is 1. The molecule has 1 heterocycles. The van der Waals surface area contributed by atoms with Crippen LogP contribution in [-0.4, -0.2) is 27.9 Å². The first kappa shape index (κ1) is 21.0. The average Bonchev–Trinajstić information content (AvgIpc) is 3.09. The number of carbonyl (C=O) groups is 1. The normalized spacial score (nSPS) is 10.8. The summed E-state index contributed by atoms with van der Waals surface area (Å²) >= 11 is 1.32. The lowest BCUT2D eigenvalue weighted by Crippen LogP contribution is -2.49. The average molecular weight is 385 g/mol. The third-order valence-electron chi connectivity index (χ3n) is 4.07. The van der Waals surface area contributed by atoms with Crippen LogP contribution in [0.4, 0.5) is 5.69 Å². The van der Waals surface area contributed by atoms with Crippen molar-refractivity contribution < 1.29 is 9.72 Å². The van der Waals surface area contributed by atoms with Gasteiger partial charge in [-0.05, 0) is 25.0 Å². The Balaban J connectivity index is 0.00000312. The van der Waals surface area contributed by atoms with Crippen LogP contribution in [0.25, 0.3) is 10.6 Å². The molecule has 0 aliphatic rings. The molecule has 0 spiro atoms. The third-order valence-corrected chi connectivity index (χ3v) is 4.96. The predicted molar refractivity (Wildman–Crippen MR) is 101 cm³/mol. The van der Waals surface area contributed by atoms with Crippen LogP contribution in [0.2, 0.25) is 0 Å². The lowest BCUT2D eigenvalue weighted by atomic mass is 9.94. The minimum absolute atomic E-state index is 0. The number of carbonyl (C=O) groups excluding carboxylic acids is 1. The van der Waals surface area contributed by atoms with Gasteiger partial charge in [0.25, 0.3) is 11.6 Å². The van der Waals surface area contributed by atoms with Crippen LogP contribution >= 0.6 is 23.7 Å². The first-order valence-electron chi connectivity index (χ1n) is 7.66. The van der Waals surface area contributed by atoms with Gasteiger partial charge in [-0.1, -0.05) is 13.8 Å². The molecule has 0 unspecified atom stereocenters. The van der Waals surface area contributed by atoms with E-state index in [1.165, 1.54) is 23.5 Å². The van der Waals surface area contributed by atoms with E-state index in [1.54, 1.807) is 17.5 Å². The number of aromatic nitrogens is 1. The van der Waals surface area contributed by atoms with Gasteiger partial charge in [-0.25, -0.2) is 4.98 Å². The number of hydrogen-bond donors (Lipinski definition) is 2. The van der Waals surface area contributed by atoms with Crippen molar-refractivity contribution >= 4 is 35.3 Å². The maximum Gasteiger partial charge on any atom is 0.270 e. The Morgan fingerprint density at radius 2 is 1.92 bits per heavy atom. The van der Waals surface area contributed by atoms with Crippen LogP contribution in [0, 0.1) is 10.1 Å². The number of halogens is 1. The van der Waals surface area contributed by atoms with Gasteiger partial charge in [-0.15, -0.1) is 23.7 Å². The van der Waals surface area contributed by atoms with Crippen molar-refractivity contribution in [2.45, 2.75) is 32.2 Å². The van der Waals surface area contributed by atoms with Crippen LogP contribution in [0.1, 0.15) is 37.2 Å². The smallest absolute Gasteiger partial charge is 0.270 e. The lowest BCUT2D eigenvalue weighted by molar-refractivity contribution is -0.384. The standard InChI is InChI=1S/C16H20N4O3S.ClH/c1-3-16(17,4-2)10-18-14(21)13-9-24-15(19-13)11-5-7-12(8-6-11)20(22)23;/h5-9H,3-4,10,17H2,1-2H3,(H,18,21);1H. The molecule has 9 heteroatoms. The molecule has 3 N–H and O–H groups in total. The molecule has 136 valence electrons. The van der Waals surface area contributed by atoms with E-state index in [-0.39, 0.29) is 24.0 Å². The molecule has 1 aromatic heterocycles. The molecule has 25 heavy (non-hydrogen) atoms. The number of amides is 1. The summed E-state index contributed by atoms with van der Waals surface area (Å²) in [6, 6.07) is 6.08. The second-order valence-corrected chi connectivity index (χ2v) is 6.45. The van der Waals surface area contributed by atoms with E-state index >= 15 is 0 Å². The molecule has 0 bridgehead atoms. The van der Waals surface area contributed by atoms with Crippen molar-refractivity contribution in [1.29, 1.82) is 0 Å². The van der Waals surface area contributed by atoms with Gasteiger partial charge >= 0.3 is 0 Å². The van der Waals surface area contributed by atoms with Crippen molar-refractivity contribution in [3.8, 4) is 10.6 Å². The van der Waals surface area contributed by atoms with Gasteiger partial charge in [0.15, 0.2) is 0 Å². The van der Waals surface area contributed by atoms with Crippen LogP contribution in [0.15, 0.2) is 29.6 Å². The van der Waals surface area contributed by atoms with Crippen molar-refractivity contribution in [2.75, 3.05) is 6.54 Å². The second kappa shape index (κ2) is 8.89. The summed E-state index contributed by atoms with van der Waals surface area (Å²) < 4.78 is 0. The number of thiazole rings is 1. The number of nitro groups is 1. The molecule has 0 radical (unpaired) electrons. The predicted octanol–water partition coefficient (Wildman–Crippen LogP) is 3.39. The van der Waals surface area contributed by atoms with Gasteiger partial charge in [-0.2, -0.15) is 0 Å². The van der Waals surface area contributed by atoms with Gasteiger partial charge in [-0.3, -0.25) is 14.9 Å². The van der Waals surface area contributed by atoms with Crippen LogP contribution in [0.3, 0.4) is 0 Å². The molecule has 2 rings (SSSR count). The minimum atomic E-state index is -0.453. The number of nitro benzene ring substituents is 1. The Kier molecular flexibility index (Phi) is 7.47. The molecule has 2 aromatic rings. The summed E-state index contributed by atoms with van der Waals surface area (Å²) in [5.74, 6) is -0.267. The van der Waals surface area contributed by atoms with E-state index in [0.29, 0.717) is 17.2 Å². The monoisotopic (exact) mass is 384 g/mol. The van der Waals surface area contributed by atoms with Crippen molar-refractivity contribution in [3.05, 3.63) is 45.5 Å². The lowest BCUT2D eigenvalue weighted by Gasteiger charge is -2.26. The highest BCUT2D eigenvalue weighted by Gasteiger charge is 2.22.